The van der Waals surface area contributed by atoms with Crippen LogP contribution in [0.2, 0.25) is 0 Å². The third kappa shape index (κ3) is 9.01. The lowest BCUT2D eigenvalue weighted by atomic mass is 10.2. The van der Waals surface area contributed by atoms with Crippen molar-refractivity contribution in [2.75, 3.05) is 6.54 Å². The van der Waals surface area contributed by atoms with E-state index in [1.807, 2.05) is 30.3 Å². The summed E-state index contributed by atoms with van der Waals surface area (Å²) in [5.74, 6) is -0.376. The number of alkyl halides is 3. The minimum atomic E-state index is -3.67. The average molecular weight is 235 g/mol. The minimum Gasteiger partial charge on any atom is -0.460 e. The van der Waals surface area contributed by atoms with Crippen LogP contribution in [0.15, 0.2) is 30.3 Å². The molecule has 0 heterocycles. The zero-order valence-corrected chi connectivity index (χ0v) is 8.41. The van der Waals surface area contributed by atoms with Crippen LogP contribution in [0.5, 0.6) is 0 Å². The molecular formula is C10H12F3NO2. The van der Waals surface area contributed by atoms with E-state index in [2.05, 4.69) is 0 Å². The van der Waals surface area contributed by atoms with Gasteiger partial charge < -0.3 is 10.5 Å². The smallest absolute Gasteiger partial charge is 0.379 e. The molecular weight excluding hydrogens is 223 g/mol. The summed E-state index contributed by atoms with van der Waals surface area (Å²) in [5.41, 5.74) is 6.03. The summed E-state index contributed by atoms with van der Waals surface area (Å²) < 4.78 is 33.8. The highest BCUT2D eigenvalue weighted by atomic mass is 19.4. The van der Waals surface area contributed by atoms with Gasteiger partial charge in [0.25, 0.3) is 0 Å². The van der Waals surface area contributed by atoms with E-state index in [0.717, 1.165) is 5.56 Å². The highest BCUT2D eigenvalue weighted by molar-refractivity contribution is 5.71. The highest BCUT2D eigenvalue weighted by Crippen LogP contribution is 1.99. The number of carbonyl (C=O) groups is 1. The number of hydrogen-bond donors (Lipinski definition) is 1. The molecule has 90 valence electrons. The molecule has 0 atom stereocenters. The van der Waals surface area contributed by atoms with Crippen molar-refractivity contribution in [3.8, 4) is 0 Å². The molecule has 0 fully saturated rings. The molecule has 0 aliphatic carbocycles. The Hall–Kier alpha value is -1.56. The number of hydrogen-bond acceptors (Lipinski definition) is 3. The van der Waals surface area contributed by atoms with Crippen LogP contribution in [0.1, 0.15) is 5.56 Å². The van der Waals surface area contributed by atoms with E-state index >= 15 is 0 Å². The molecule has 0 aliphatic rings. The van der Waals surface area contributed by atoms with Gasteiger partial charge in [-0.2, -0.15) is 13.2 Å². The average Bonchev–Trinajstić information content (AvgIpc) is 2.26. The molecule has 3 nitrogen and oxygen atoms in total. The second kappa shape index (κ2) is 8.72. The van der Waals surface area contributed by atoms with Gasteiger partial charge in [0, 0.05) is 0 Å². The van der Waals surface area contributed by atoms with Crippen LogP contribution >= 0.6 is 0 Å². The fourth-order valence-corrected chi connectivity index (χ4v) is 0.797. The number of carbonyl (C=O) groups excluding carboxylic acids is 1. The first-order valence-electron chi connectivity index (χ1n) is 4.38. The monoisotopic (exact) mass is 235 g/mol. The predicted molar refractivity (Wildman–Crippen MR) is 52.4 cm³/mol. The van der Waals surface area contributed by atoms with Gasteiger partial charge in [0.2, 0.25) is 0 Å². The minimum absolute atomic E-state index is 0.0627. The Labute approximate surface area is 91.0 Å². The predicted octanol–water partition coefficient (Wildman–Crippen LogP) is 1.87. The van der Waals surface area contributed by atoms with Crippen molar-refractivity contribution in [3.05, 3.63) is 35.9 Å². The van der Waals surface area contributed by atoms with Gasteiger partial charge in [0.15, 0.2) is 0 Å². The van der Waals surface area contributed by atoms with Gasteiger partial charge in [-0.05, 0) is 5.56 Å². The Bertz CT molecular complexity index is 291. The van der Waals surface area contributed by atoms with Crippen LogP contribution in [0.4, 0.5) is 13.2 Å². The van der Waals surface area contributed by atoms with E-state index in [4.69, 9.17) is 10.5 Å². The van der Waals surface area contributed by atoms with Crippen LogP contribution in [-0.4, -0.2) is 19.2 Å². The van der Waals surface area contributed by atoms with Crippen molar-refractivity contribution in [1.29, 1.82) is 0 Å². The fourth-order valence-electron chi connectivity index (χ4n) is 0.797. The van der Waals surface area contributed by atoms with Crippen molar-refractivity contribution in [1.82, 2.24) is 0 Å². The summed E-state index contributed by atoms with van der Waals surface area (Å²) in [6.07, 6.45) is 0. The SMILES string of the molecule is FC(F)F.NCC(=O)OCc1ccccc1. The second-order valence-corrected chi connectivity index (χ2v) is 2.60. The van der Waals surface area contributed by atoms with Crippen molar-refractivity contribution in [3.63, 3.8) is 0 Å². The molecule has 1 rings (SSSR count). The van der Waals surface area contributed by atoms with E-state index in [9.17, 15) is 18.0 Å². The van der Waals surface area contributed by atoms with Crippen molar-refractivity contribution >= 4 is 5.97 Å². The van der Waals surface area contributed by atoms with E-state index in [-0.39, 0.29) is 12.5 Å². The lowest BCUT2D eigenvalue weighted by Gasteiger charge is -2.01. The van der Waals surface area contributed by atoms with E-state index < -0.39 is 6.68 Å². The molecule has 2 N–H and O–H groups in total. The Morgan fingerprint density at radius 3 is 2.19 bits per heavy atom. The molecule has 0 spiro atoms. The van der Waals surface area contributed by atoms with E-state index in [1.54, 1.807) is 0 Å². The van der Waals surface area contributed by atoms with Gasteiger partial charge in [-0.25, -0.2) is 0 Å². The zero-order valence-electron chi connectivity index (χ0n) is 8.41. The van der Waals surface area contributed by atoms with Gasteiger partial charge in [0.1, 0.15) is 6.61 Å². The molecule has 1 aromatic rings. The first kappa shape index (κ1) is 14.4. The van der Waals surface area contributed by atoms with E-state index in [0.29, 0.717) is 6.61 Å². The Morgan fingerprint density at radius 1 is 1.25 bits per heavy atom. The number of ether oxygens (including phenoxy) is 1. The summed E-state index contributed by atoms with van der Waals surface area (Å²) in [6, 6.07) is 9.49. The van der Waals surface area contributed by atoms with Crippen LogP contribution < -0.4 is 5.73 Å². The third-order valence-corrected chi connectivity index (χ3v) is 1.41. The first-order valence-corrected chi connectivity index (χ1v) is 4.38. The summed E-state index contributed by atoms with van der Waals surface area (Å²) >= 11 is 0. The highest BCUT2D eigenvalue weighted by Gasteiger charge is 1.97. The number of halogens is 3. The maximum atomic E-state index is 10.6. The first-order chi connectivity index (χ1) is 7.56. The third-order valence-electron chi connectivity index (χ3n) is 1.41. The molecule has 0 bridgehead atoms. The van der Waals surface area contributed by atoms with E-state index in [1.165, 1.54) is 0 Å². The van der Waals surface area contributed by atoms with Gasteiger partial charge in [-0.1, -0.05) is 30.3 Å². The van der Waals surface area contributed by atoms with Crippen molar-refractivity contribution in [2.24, 2.45) is 5.73 Å². The van der Waals surface area contributed by atoms with Crippen LogP contribution in [0, 0.1) is 0 Å². The molecule has 6 heteroatoms. The Morgan fingerprint density at radius 2 is 1.75 bits per heavy atom. The maximum absolute atomic E-state index is 10.6. The molecule has 1 aromatic carbocycles. The van der Waals surface area contributed by atoms with Crippen molar-refractivity contribution < 1.29 is 22.7 Å². The van der Waals surface area contributed by atoms with Gasteiger partial charge in [0.05, 0.1) is 6.54 Å². The van der Waals surface area contributed by atoms with Gasteiger partial charge >= 0.3 is 12.6 Å². The van der Waals surface area contributed by atoms with Crippen LogP contribution in [0.25, 0.3) is 0 Å². The summed E-state index contributed by atoms with van der Waals surface area (Å²) in [7, 11) is 0. The topological polar surface area (TPSA) is 52.3 Å². The molecule has 0 amide bonds. The molecule has 0 unspecified atom stereocenters. The Kier molecular flexibility index (Phi) is 7.87. The summed E-state index contributed by atoms with van der Waals surface area (Å²) in [5, 5.41) is 0. The quantitative estimate of drug-likeness (QED) is 0.813. The summed E-state index contributed by atoms with van der Waals surface area (Å²) in [6.45, 7) is -3.43. The molecule has 16 heavy (non-hydrogen) atoms. The fraction of sp³-hybridized carbons (Fsp3) is 0.300. The largest absolute Gasteiger partial charge is 0.460 e. The number of nitrogens with two attached hydrogens (primary N) is 1. The zero-order chi connectivity index (χ0) is 12.4. The standard InChI is InChI=1S/C9H11NO2.CHF3/c10-6-9(11)12-7-8-4-2-1-3-5-8;2-1(3)4/h1-5H,6-7,10H2;1H. The molecule has 0 saturated carbocycles. The van der Waals surface area contributed by atoms with Crippen LogP contribution in [0.3, 0.4) is 0 Å². The lowest BCUT2D eigenvalue weighted by molar-refractivity contribution is -0.143. The summed E-state index contributed by atoms with van der Waals surface area (Å²) in [4.78, 5) is 10.6. The van der Waals surface area contributed by atoms with Gasteiger partial charge in [-0.15, -0.1) is 0 Å². The second-order valence-electron chi connectivity index (χ2n) is 2.60. The molecule has 0 aromatic heterocycles. The Balaban J connectivity index is 0.000000487. The normalized spacial score (nSPS) is 9.31. The number of rotatable bonds is 3. The molecule has 0 aliphatic heterocycles. The molecule has 0 radical (unpaired) electrons. The molecule has 0 saturated heterocycles. The number of benzene rings is 1. The van der Waals surface area contributed by atoms with Crippen molar-refractivity contribution in [2.45, 2.75) is 13.3 Å². The lowest BCUT2D eigenvalue weighted by Crippen LogP contribution is -2.16. The number of esters is 1. The van der Waals surface area contributed by atoms with Gasteiger partial charge in [-0.3, -0.25) is 4.79 Å². The maximum Gasteiger partial charge on any atom is 0.379 e. The van der Waals surface area contributed by atoms with Crippen LogP contribution in [-0.2, 0) is 16.1 Å².